The Hall–Kier alpha value is -2.40. The van der Waals surface area contributed by atoms with E-state index in [0.29, 0.717) is 6.42 Å². The van der Waals surface area contributed by atoms with Gasteiger partial charge in [-0.25, -0.2) is 0 Å². The second-order valence-corrected chi connectivity index (χ2v) is 6.91. The molecular formula is C20H23N3O2. The van der Waals surface area contributed by atoms with Crippen LogP contribution in [0.3, 0.4) is 0 Å². The van der Waals surface area contributed by atoms with Gasteiger partial charge in [0.25, 0.3) is 0 Å². The lowest BCUT2D eigenvalue weighted by Gasteiger charge is -2.19. The summed E-state index contributed by atoms with van der Waals surface area (Å²) >= 11 is 0. The zero-order valence-electron chi connectivity index (χ0n) is 14.6. The lowest BCUT2D eigenvalue weighted by Crippen LogP contribution is -2.22. The molecule has 0 spiro atoms. The largest absolute Gasteiger partial charge is 0.464 e. The van der Waals surface area contributed by atoms with Gasteiger partial charge in [-0.15, -0.1) is 0 Å². The van der Waals surface area contributed by atoms with Crippen molar-refractivity contribution in [2.45, 2.75) is 45.8 Å². The van der Waals surface area contributed by atoms with Crippen LogP contribution in [0, 0.1) is 0 Å². The molecule has 0 saturated carbocycles. The van der Waals surface area contributed by atoms with Crippen molar-refractivity contribution in [3.63, 3.8) is 0 Å². The van der Waals surface area contributed by atoms with E-state index >= 15 is 0 Å². The van der Waals surface area contributed by atoms with Gasteiger partial charge in [-0.3, -0.25) is 9.58 Å². The predicted octanol–water partition coefficient (Wildman–Crippen LogP) is 3.56. The monoisotopic (exact) mass is 337 g/mol. The number of aryl methyl sites for hydroxylation is 2. The number of carbonyl (C=O) groups is 1. The second-order valence-electron chi connectivity index (χ2n) is 6.91. The van der Waals surface area contributed by atoms with Crippen LogP contribution in [0.25, 0.3) is 11.0 Å². The maximum atomic E-state index is 11.2. The summed E-state index contributed by atoms with van der Waals surface area (Å²) in [6, 6.07) is 10.6. The van der Waals surface area contributed by atoms with Crippen LogP contribution < -0.4 is 0 Å². The minimum absolute atomic E-state index is 0.222. The van der Waals surface area contributed by atoms with E-state index in [-0.39, 0.29) is 5.78 Å². The van der Waals surface area contributed by atoms with Crippen molar-refractivity contribution < 1.29 is 9.21 Å². The Morgan fingerprint density at radius 3 is 3.04 bits per heavy atom. The molecule has 1 aliphatic heterocycles. The van der Waals surface area contributed by atoms with E-state index in [2.05, 4.69) is 32.9 Å². The molecule has 0 bridgehead atoms. The molecule has 130 valence electrons. The number of hydrogen-bond donors (Lipinski definition) is 0. The van der Waals surface area contributed by atoms with Gasteiger partial charge < -0.3 is 9.21 Å². The number of aromatic nitrogens is 2. The van der Waals surface area contributed by atoms with E-state index < -0.39 is 0 Å². The highest BCUT2D eigenvalue weighted by molar-refractivity contribution is 5.77. The fourth-order valence-corrected chi connectivity index (χ4v) is 3.52. The lowest BCUT2D eigenvalue weighted by atomic mass is 10.1. The van der Waals surface area contributed by atoms with Crippen LogP contribution in [0.4, 0.5) is 0 Å². The van der Waals surface area contributed by atoms with E-state index in [1.54, 1.807) is 13.2 Å². The molecule has 5 heteroatoms. The van der Waals surface area contributed by atoms with Gasteiger partial charge in [-0.1, -0.05) is 6.07 Å². The third-order valence-electron chi connectivity index (χ3n) is 4.80. The third-order valence-corrected chi connectivity index (χ3v) is 4.80. The summed E-state index contributed by atoms with van der Waals surface area (Å²) in [7, 11) is 0. The molecule has 0 N–H and O–H groups in total. The Labute approximate surface area is 147 Å². The minimum Gasteiger partial charge on any atom is -0.464 e. The number of carbonyl (C=O) groups excluding carboxylic acids is 1. The molecule has 0 unspecified atom stereocenters. The van der Waals surface area contributed by atoms with E-state index in [1.807, 2.05) is 12.1 Å². The Bertz CT molecular complexity index is 893. The number of hydrogen-bond acceptors (Lipinski definition) is 4. The van der Waals surface area contributed by atoms with Gasteiger partial charge in [0.05, 0.1) is 17.7 Å². The molecule has 1 aromatic carbocycles. The zero-order chi connectivity index (χ0) is 17.2. The molecule has 1 aliphatic rings. The third kappa shape index (κ3) is 3.66. The average molecular weight is 337 g/mol. The normalized spacial score (nSPS) is 15.2. The minimum atomic E-state index is 0.222. The number of rotatable bonds is 5. The first-order valence-electron chi connectivity index (χ1n) is 8.91. The Kier molecular flexibility index (Phi) is 4.40. The fraction of sp³-hybridized carbons (Fsp3) is 0.400. The van der Waals surface area contributed by atoms with Crippen molar-refractivity contribution in [2.24, 2.45) is 0 Å². The number of Topliss-reactive ketones (excluding diaryl/α,β-unsaturated/α-hetero) is 1. The summed E-state index contributed by atoms with van der Waals surface area (Å²) in [4.78, 5) is 13.7. The van der Waals surface area contributed by atoms with Crippen molar-refractivity contribution in [3.8, 4) is 0 Å². The van der Waals surface area contributed by atoms with E-state index in [9.17, 15) is 4.79 Å². The number of nitrogens with zero attached hydrogens (tertiary/aromatic N) is 3. The highest BCUT2D eigenvalue weighted by Gasteiger charge is 2.17. The molecule has 0 amide bonds. The molecule has 0 saturated heterocycles. The summed E-state index contributed by atoms with van der Waals surface area (Å²) < 4.78 is 7.54. The summed E-state index contributed by atoms with van der Waals surface area (Å²) in [5, 5.41) is 5.84. The van der Waals surface area contributed by atoms with E-state index in [1.165, 1.54) is 11.3 Å². The molecule has 2 aromatic heterocycles. The van der Waals surface area contributed by atoms with Crippen LogP contribution in [0.5, 0.6) is 0 Å². The maximum absolute atomic E-state index is 11.2. The quantitative estimate of drug-likeness (QED) is 0.714. The van der Waals surface area contributed by atoms with E-state index in [4.69, 9.17) is 4.42 Å². The number of benzene rings is 1. The average Bonchev–Trinajstić information content (AvgIpc) is 3.15. The first kappa shape index (κ1) is 16.1. The molecule has 5 nitrogen and oxygen atoms in total. The van der Waals surface area contributed by atoms with Gasteiger partial charge in [0.1, 0.15) is 11.4 Å². The second kappa shape index (κ2) is 6.84. The van der Waals surface area contributed by atoms with Crippen molar-refractivity contribution in [3.05, 3.63) is 53.5 Å². The molecule has 4 rings (SSSR count). The highest BCUT2D eigenvalue weighted by atomic mass is 16.3. The smallest absolute Gasteiger partial charge is 0.133 e. The molecule has 0 radical (unpaired) electrons. The van der Waals surface area contributed by atoms with Gasteiger partial charge in [-0.2, -0.15) is 5.10 Å². The maximum Gasteiger partial charge on any atom is 0.133 e. The van der Waals surface area contributed by atoms with Gasteiger partial charge in [0, 0.05) is 38.0 Å². The fourth-order valence-electron chi connectivity index (χ4n) is 3.52. The molecule has 0 aliphatic carbocycles. The standard InChI is InChI=1S/C20H23N3O2/c1-15(24)3-5-18-12-19-14-22(8-2-9-23(19)21-18)13-16-4-6-20-17(11-16)7-10-25-20/h4,6-7,10-12H,2-3,5,8-9,13-14H2,1H3. The first-order valence-corrected chi connectivity index (χ1v) is 8.91. The molecule has 0 fully saturated rings. The number of furan rings is 1. The van der Waals surface area contributed by atoms with Gasteiger partial charge in [0.15, 0.2) is 0 Å². The van der Waals surface area contributed by atoms with Crippen molar-refractivity contribution in [2.75, 3.05) is 6.54 Å². The van der Waals surface area contributed by atoms with Crippen LogP contribution in [0.2, 0.25) is 0 Å². The number of fused-ring (bicyclic) bond motifs is 2. The molecule has 3 aromatic rings. The highest BCUT2D eigenvalue weighted by Crippen LogP contribution is 2.21. The van der Waals surface area contributed by atoms with Crippen LogP contribution in [0.15, 0.2) is 41.0 Å². The van der Waals surface area contributed by atoms with E-state index in [0.717, 1.165) is 55.7 Å². The summed E-state index contributed by atoms with van der Waals surface area (Å²) in [6.45, 7) is 5.48. The first-order chi connectivity index (χ1) is 12.2. The lowest BCUT2D eigenvalue weighted by molar-refractivity contribution is -0.117. The topological polar surface area (TPSA) is 51.3 Å². The Morgan fingerprint density at radius 2 is 2.16 bits per heavy atom. The molecule has 3 heterocycles. The van der Waals surface area contributed by atoms with Crippen molar-refractivity contribution >= 4 is 16.8 Å². The van der Waals surface area contributed by atoms with Crippen molar-refractivity contribution in [1.82, 2.24) is 14.7 Å². The van der Waals surface area contributed by atoms with Crippen LogP contribution in [-0.4, -0.2) is 27.0 Å². The van der Waals surface area contributed by atoms with Gasteiger partial charge in [0.2, 0.25) is 0 Å². The Morgan fingerprint density at radius 1 is 1.24 bits per heavy atom. The van der Waals surface area contributed by atoms with Gasteiger partial charge >= 0.3 is 0 Å². The number of ketones is 1. The van der Waals surface area contributed by atoms with Crippen LogP contribution in [0.1, 0.15) is 36.7 Å². The predicted molar refractivity (Wildman–Crippen MR) is 96.2 cm³/mol. The van der Waals surface area contributed by atoms with Gasteiger partial charge in [-0.05, 0) is 49.6 Å². The molecular weight excluding hydrogens is 314 g/mol. The zero-order valence-corrected chi connectivity index (χ0v) is 14.6. The summed E-state index contributed by atoms with van der Waals surface area (Å²) in [5.41, 5.74) is 4.53. The van der Waals surface area contributed by atoms with Crippen molar-refractivity contribution in [1.29, 1.82) is 0 Å². The summed E-state index contributed by atoms with van der Waals surface area (Å²) in [5.74, 6) is 0.222. The molecule has 25 heavy (non-hydrogen) atoms. The SMILES string of the molecule is CC(=O)CCc1cc2n(n1)CCCN(Cc1ccc3occc3c1)C2. The van der Waals surface area contributed by atoms with Crippen LogP contribution >= 0.6 is 0 Å². The van der Waals surface area contributed by atoms with Crippen LogP contribution in [-0.2, 0) is 30.8 Å². The summed E-state index contributed by atoms with van der Waals surface area (Å²) in [6.07, 6.45) is 4.15. The Balaban J connectivity index is 1.47. The molecule has 0 atom stereocenters.